The lowest BCUT2D eigenvalue weighted by molar-refractivity contribution is 0.0955. The molecule has 0 fully saturated rings. The Hall–Kier alpha value is -4.17. The Morgan fingerprint density at radius 2 is 1.51 bits per heavy atom. The first kappa shape index (κ1) is 25.9. The minimum absolute atomic E-state index is 0.200. The molecule has 1 heterocycles. The summed E-state index contributed by atoms with van der Waals surface area (Å²) < 4.78 is 29.0. The molecule has 0 aliphatic heterocycles. The maximum Gasteiger partial charge on any atom is 0.271 e. The molecule has 1 aromatic heterocycles. The second-order valence-electron chi connectivity index (χ2n) is 9.04. The van der Waals surface area contributed by atoms with E-state index in [4.69, 9.17) is 0 Å². The van der Waals surface area contributed by atoms with E-state index in [1.54, 1.807) is 60.8 Å². The molecule has 190 valence electrons. The monoisotopic (exact) mass is 514 g/mol. The van der Waals surface area contributed by atoms with Crippen molar-refractivity contribution in [2.75, 3.05) is 11.4 Å². The predicted molar refractivity (Wildman–Crippen MR) is 148 cm³/mol. The van der Waals surface area contributed by atoms with E-state index in [0.717, 1.165) is 22.6 Å². The maximum atomic E-state index is 12.8. The highest BCUT2D eigenvalue weighted by atomic mass is 32.2. The van der Waals surface area contributed by atoms with Crippen molar-refractivity contribution in [1.82, 2.24) is 9.99 Å². The van der Waals surface area contributed by atoms with Gasteiger partial charge in [-0.15, -0.1) is 0 Å². The van der Waals surface area contributed by atoms with Crippen molar-refractivity contribution in [2.45, 2.75) is 32.6 Å². The number of nitrogens with one attached hydrogen (secondary N) is 1. The van der Waals surface area contributed by atoms with Gasteiger partial charge in [0.1, 0.15) is 0 Å². The molecule has 4 aromatic rings. The first-order chi connectivity index (χ1) is 17.6. The highest BCUT2D eigenvalue weighted by Crippen LogP contribution is 2.23. The molecule has 37 heavy (non-hydrogen) atoms. The first-order valence-electron chi connectivity index (χ1n) is 11.8. The quantitative estimate of drug-likeness (QED) is 0.268. The van der Waals surface area contributed by atoms with Crippen LogP contribution < -0.4 is 9.73 Å². The molecule has 0 aliphatic rings. The number of sulfonamides is 1. The van der Waals surface area contributed by atoms with Crippen LogP contribution in [0.15, 0.2) is 88.9 Å². The lowest BCUT2D eigenvalue weighted by Crippen LogP contribution is -2.26. The fraction of sp³-hybridized carbons (Fsp3) is 0.172. The van der Waals surface area contributed by atoms with Crippen LogP contribution >= 0.6 is 0 Å². The van der Waals surface area contributed by atoms with E-state index < -0.39 is 10.0 Å². The third kappa shape index (κ3) is 5.49. The molecule has 8 heteroatoms. The molecule has 7 nitrogen and oxygen atoms in total. The molecule has 3 aromatic carbocycles. The minimum atomic E-state index is -3.69. The molecule has 0 radical (unpaired) electrons. The lowest BCUT2D eigenvalue weighted by Gasteiger charge is -2.19. The molecule has 4 rings (SSSR count). The Kier molecular flexibility index (Phi) is 7.31. The van der Waals surface area contributed by atoms with E-state index >= 15 is 0 Å². The summed E-state index contributed by atoms with van der Waals surface area (Å²) in [5.41, 5.74) is 9.85. The van der Waals surface area contributed by atoms with Crippen LogP contribution in [0.5, 0.6) is 0 Å². The van der Waals surface area contributed by atoms with Crippen LogP contribution in [0.3, 0.4) is 0 Å². The van der Waals surface area contributed by atoms with Gasteiger partial charge >= 0.3 is 0 Å². The van der Waals surface area contributed by atoms with Gasteiger partial charge in [-0.3, -0.25) is 9.10 Å². The number of hydrazone groups is 1. The molecule has 1 amide bonds. The number of hydrogen-bond donors (Lipinski definition) is 1. The first-order valence-corrected chi connectivity index (χ1v) is 13.3. The van der Waals surface area contributed by atoms with Crippen LogP contribution in [0.4, 0.5) is 5.69 Å². The summed E-state index contributed by atoms with van der Waals surface area (Å²) in [6.07, 6.45) is 1.63. The predicted octanol–water partition coefficient (Wildman–Crippen LogP) is 5.30. The minimum Gasteiger partial charge on any atom is -0.318 e. The maximum absolute atomic E-state index is 12.8. The van der Waals surface area contributed by atoms with Crippen LogP contribution in [0.1, 0.15) is 38.4 Å². The number of rotatable bonds is 7. The number of amides is 1. The fourth-order valence-electron chi connectivity index (χ4n) is 4.33. The third-order valence-electron chi connectivity index (χ3n) is 6.20. The van der Waals surface area contributed by atoms with E-state index in [2.05, 4.69) is 47.1 Å². The van der Waals surface area contributed by atoms with Gasteiger partial charge in [-0.25, -0.2) is 13.8 Å². The van der Waals surface area contributed by atoms with Crippen molar-refractivity contribution in [3.63, 3.8) is 0 Å². The van der Waals surface area contributed by atoms with Crippen molar-refractivity contribution in [2.24, 2.45) is 5.10 Å². The van der Waals surface area contributed by atoms with Gasteiger partial charge in [-0.1, -0.05) is 24.3 Å². The molecule has 0 saturated heterocycles. The van der Waals surface area contributed by atoms with Gasteiger partial charge in [0.2, 0.25) is 0 Å². The number of nitrogens with zero attached hydrogens (tertiary/aromatic N) is 3. The van der Waals surface area contributed by atoms with Gasteiger partial charge in [0.25, 0.3) is 15.9 Å². The number of anilines is 1. The SMILES string of the molecule is Cc1cc(C)cc(-n2c(C)cc(/C=N\NC(=O)c3ccc(N(C)S(=O)(=O)c4ccccc4)cc3)c2C)c1. The summed E-state index contributed by atoms with van der Waals surface area (Å²) in [4.78, 5) is 12.8. The van der Waals surface area contributed by atoms with Crippen molar-refractivity contribution < 1.29 is 13.2 Å². The van der Waals surface area contributed by atoms with Crippen LogP contribution in [0.2, 0.25) is 0 Å². The summed E-state index contributed by atoms with van der Waals surface area (Å²) in [5.74, 6) is -0.389. The van der Waals surface area contributed by atoms with Crippen LogP contribution in [0, 0.1) is 27.7 Å². The number of aryl methyl sites for hydroxylation is 3. The fourth-order valence-corrected chi connectivity index (χ4v) is 5.55. The highest BCUT2D eigenvalue weighted by Gasteiger charge is 2.21. The number of carbonyl (C=O) groups is 1. The zero-order valence-electron chi connectivity index (χ0n) is 21.6. The summed E-state index contributed by atoms with van der Waals surface area (Å²) in [7, 11) is -2.21. The Balaban J connectivity index is 1.46. The van der Waals surface area contributed by atoms with Crippen molar-refractivity contribution in [3.8, 4) is 5.69 Å². The summed E-state index contributed by atoms with van der Waals surface area (Å²) in [5, 5.41) is 4.15. The van der Waals surface area contributed by atoms with Crippen molar-refractivity contribution >= 4 is 27.8 Å². The molecule has 0 aliphatic carbocycles. The van der Waals surface area contributed by atoms with Gasteiger partial charge in [0.05, 0.1) is 16.8 Å². The van der Waals surface area contributed by atoms with Crippen LogP contribution in [-0.4, -0.2) is 32.2 Å². The van der Waals surface area contributed by atoms with Crippen LogP contribution in [-0.2, 0) is 10.0 Å². The molecule has 0 saturated carbocycles. The van der Waals surface area contributed by atoms with Gasteiger partial charge in [-0.05, 0) is 93.4 Å². The van der Waals surface area contributed by atoms with E-state index in [0.29, 0.717) is 11.3 Å². The third-order valence-corrected chi connectivity index (χ3v) is 8.00. The van der Waals surface area contributed by atoms with E-state index in [1.165, 1.54) is 22.5 Å². The zero-order chi connectivity index (χ0) is 26.7. The van der Waals surface area contributed by atoms with E-state index in [-0.39, 0.29) is 10.8 Å². The van der Waals surface area contributed by atoms with Gasteiger partial charge < -0.3 is 4.57 Å². The molecule has 0 unspecified atom stereocenters. The number of hydrogen-bond acceptors (Lipinski definition) is 4. The normalized spacial score (nSPS) is 11.6. The van der Waals surface area contributed by atoms with Gasteiger partial charge in [-0.2, -0.15) is 5.10 Å². The van der Waals surface area contributed by atoms with Gasteiger partial charge in [0, 0.05) is 35.2 Å². The standard InChI is InChI=1S/C29H30N4O3S/c1-20-15-21(2)17-27(16-20)33-22(3)18-25(23(33)4)19-30-31-29(34)24-11-13-26(14-12-24)32(5)37(35,36)28-9-7-6-8-10-28/h6-19H,1-5H3,(H,31,34)/b30-19-. The van der Waals surface area contributed by atoms with Gasteiger partial charge in [0.15, 0.2) is 0 Å². The summed E-state index contributed by atoms with van der Waals surface area (Å²) in [6, 6.07) is 23.0. The Labute approximate surface area is 218 Å². The smallest absolute Gasteiger partial charge is 0.271 e. The molecular formula is C29H30N4O3S. The highest BCUT2D eigenvalue weighted by molar-refractivity contribution is 7.92. The summed E-state index contributed by atoms with van der Waals surface area (Å²) >= 11 is 0. The average Bonchev–Trinajstić information content (AvgIpc) is 3.16. The second kappa shape index (κ2) is 10.4. The molecular weight excluding hydrogens is 484 g/mol. The Morgan fingerprint density at radius 3 is 2.14 bits per heavy atom. The number of aromatic nitrogens is 1. The lowest BCUT2D eigenvalue weighted by atomic mass is 10.1. The number of benzene rings is 3. The molecule has 1 N–H and O–H groups in total. The topological polar surface area (TPSA) is 83.8 Å². The van der Waals surface area contributed by atoms with Crippen molar-refractivity contribution in [1.29, 1.82) is 0 Å². The van der Waals surface area contributed by atoms with E-state index in [1.807, 2.05) is 19.9 Å². The second-order valence-corrected chi connectivity index (χ2v) is 11.0. The van der Waals surface area contributed by atoms with Crippen molar-refractivity contribution in [3.05, 3.63) is 113 Å². The molecule has 0 spiro atoms. The summed E-state index contributed by atoms with van der Waals surface area (Å²) in [6.45, 7) is 8.22. The largest absolute Gasteiger partial charge is 0.318 e. The number of carbonyl (C=O) groups excluding carboxylic acids is 1. The Bertz CT molecular complexity index is 1550. The Morgan fingerprint density at radius 1 is 0.892 bits per heavy atom. The molecule has 0 bridgehead atoms. The van der Waals surface area contributed by atoms with Crippen LogP contribution in [0.25, 0.3) is 5.69 Å². The zero-order valence-corrected chi connectivity index (χ0v) is 22.4. The molecule has 0 atom stereocenters. The average molecular weight is 515 g/mol. The van der Waals surface area contributed by atoms with E-state index in [9.17, 15) is 13.2 Å².